The molecular formula is C14H12Br2. The van der Waals surface area contributed by atoms with Gasteiger partial charge in [-0.3, -0.25) is 0 Å². The minimum absolute atomic E-state index is 0.959. The standard InChI is InChI=1S/C14H12Br2/c1-10-7-14(16)12(9-13(10)15)8-11-5-3-2-4-6-11/h2-7,9H,8H2,1H3. The summed E-state index contributed by atoms with van der Waals surface area (Å²) in [6.45, 7) is 2.10. The maximum Gasteiger partial charge on any atom is 0.0214 e. The van der Waals surface area contributed by atoms with Crippen LogP contribution in [0.4, 0.5) is 0 Å². The highest BCUT2D eigenvalue weighted by Gasteiger charge is 2.04. The molecule has 0 spiro atoms. The smallest absolute Gasteiger partial charge is 0.0214 e. The first kappa shape index (κ1) is 11.9. The molecule has 0 amide bonds. The van der Waals surface area contributed by atoms with Gasteiger partial charge < -0.3 is 0 Å². The van der Waals surface area contributed by atoms with Crippen LogP contribution >= 0.6 is 31.9 Å². The van der Waals surface area contributed by atoms with Gasteiger partial charge in [-0.05, 0) is 42.2 Å². The van der Waals surface area contributed by atoms with Gasteiger partial charge in [-0.15, -0.1) is 0 Å². The molecule has 2 heteroatoms. The highest BCUT2D eigenvalue weighted by Crippen LogP contribution is 2.27. The van der Waals surface area contributed by atoms with Crippen molar-refractivity contribution in [2.24, 2.45) is 0 Å². The molecule has 0 aliphatic heterocycles. The molecule has 2 aromatic carbocycles. The van der Waals surface area contributed by atoms with E-state index in [0.29, 0.717) is 0 Å². The van der Waals surface area contributed by atoms with Gasteiger partial charge in [-0.25, -0.2) is 0 Å². The van der Waals surface area contributed by atoms with Crippen molar-refractivity contribution in [3.05, 3.63) is 68.1 Å². The first-order valence-corrected chi connectivity index (χ1v) is 6.74. The van der Waals surface area contributed by atoms with E-state index in [1.54, 1.807) is 0 Å². The molecule has 0 unspecified atom stereocenters. The lowest BCUT2D eigenvalue weighted by Crippen LogP contribution is -1.91. The Balaban J connectivity index is 2.32. The van der Waals surface area contributed by atoms with Crippen molar-refractivity contribution in [3.63, 3.8) is 0 Å². The maximum absolute atomic E-state index is 3.62. The van der Waals surface area contributed by atoms with Crippen molar-refractivity contribution < 1.29 is 0 Å². The Hall–Kier alpha value is -0.600. The third-order valence-electron chi connectivity index (χ3n) is 2.57. The summed E-state index contributed by atoms with van der Waals surface area (Å²) in [7, 11) is 0. The highest BCUT2D eigenvalue weighted by atomic mass is 79.9. The molecule has 16 heavy (non-hydrogen) atoms. The van der Waals surface area contributed by atoms with E-state index >= 15 is 0 Å². The van der Waals surface area contributed by atoms with Crippen LogP contribution in [0.25, 0.3) is 0 Å². The molecule has 0 aromatic heterocycles. The van der Waals surface area contributed by atoms with Gasteiger partial charge >= 0.3 is 0 Å². The summed E-state index contributed by atoms with van der Waals surface area (Å²) in [5.74, 6) is 0. The van der Waals surface area contributed by atoms with Crippen molar-refractivity contribution in [2.45, 2.75) is 13.3 Å². The topological polar surface area (TPSA) is 0 Å². The largest absolute Gasteiger partial charge is 0.0622 e. The average molecular weight is 340 g/mol. The first-order chi connectivity index (χ1) is 7.66. The van der Waals surface area contributed by atoms with Gasteiger partial charge in [-0.2, -0.15) is 0 Å². The summed E-state index contributed by atoms with van der Waals surface area (Å²) in [4.78, 5) is 0. The van der Waals surface area contributed by atoms with Crippen molar-refractivity contribution in [1.82, 2.24) is 0 Å². The van der Waals surface area contributed by atoms with E-state index in [2.05, 4.69) is 75.2 Å². The van der Waals surface area contributed by atoms with Crippen LogP contribution < -0.4 is 0 Å². The summed E-state index contributed by atoms with van der Waals surface area (Å²) in [5.41, 5.74) is 3.89. The minimum atomic E-state index is 0.959. The normalized spacial score (nSPS) is 10.4. The average Bonchev–Trinajstić information content (AvgIpc) is 2.27. The molecule has 2 aromatic rings. The summed E-state index contributed by atoms with van der Waals surface area (Å²) in [5, 5.41) is 0. The molecule has 0 atom stereocenters. The zero-order valence-corrected chi connectivity index (χ0v) is 12.2. The van der Waals surface area contributed by atoms with Gasteiger partial charge in [0.1, 0.15) is 0 Å². The van der Waals surface area contributed by atoms with E-state index in [0.717, 1.165) is 6.42 Å². The number of aryl methyl sites for hydroxylation is 1. The molecule has 2 rings (SSSR count). The van der Waals surface area contributed by atoms with Crippen LogP contribution in [-0.4, -0.2) is 0 Å². The van der Waals surface area contributed by atoms with E-state index in [1.165, 1.54) is 25.6 Å². The van der Waals surface area contributed by atoms with Crippen LogP contribution in [0.15, 0.2) is 51.4 Å². The van der Waals surface area contributed by atoms with Crippen LogP contribution in [-0.2, 0) is 6.42 Å². The zero-order chi connectivity index (χ0) is 11.5. The molecule has 0 saturated heterocycles. The summed E-state index contributed by atoms with van der Waals surface area (Å²) < 4.78 is 2.35. The Morgan fingerprint density at radius 3 is 2.31 bits per heavy atom. The second-order valence-electron chi connectivity index (χ2n) is 3.86. The van der Waals surface area contributed by atoms with Crippen LogP contribution in [0.2, 0.25) is 0 Å². The van der Waals surface area contributed by atoms with Crippen molar-refractivity contribution >= 4 is 31.9 Å². The predicted molar refractivity (Wildman–Crippen MR) is 75.8 cm³/mol. The van der Waals surface area contributed by atoms with Gasteiger partial charge in [-0.1, -0.05) is 62.2 Å². The lowest BCUT2D eigenvalue weighted by Gasteiger charge is -2.07. The lowest BCUT2D eigenvalue weighted by molar-refractivity contribution is 1.16. The molecular weight excluding hydrogens is 328 g/mol. The van der Waals surface area contributed by atoms with Crippen molar-refractivity contribution in [3.8, 4) is 0 Å². The number of hydrogen-bond acceptors (Lipinski definition) is 0. The van der Waals surface area contributed by atoms with Gasteiger partial charge in [0.25, 0.3) is 0 Å². The van der Waals surface area contributed by atoms with E-state index in [4.69, 9.17) is 0 Å². The molecule has 0 aliphatic rings. The monoisotopic (exact) mass is 338 g/mol. The Bertz CT molecular complexity index is 490. The molecule has 0 aliphatic carbocycles. The van der Waals surface area contributed by atoms with Gasteiger partial charge in [0.2, 0.25) is 0 Å². The fourth-order valence-electron chi connectivity index (χ4n) is 1.64. The minimum Gasteiger partial charge on any atom is -0.0622 e. The summed E-state index contributed by atoms with van der Waals surface area (Å²) >= 11 is 7.19. The molecule has 0 N–H and O–H groups in total. The van der Waals surface area contributed by atoms with Gasteiger partial charge in [0.05, 0.1) is 0 Å². The molecule has 82 valence electrons. The number of benzene rings is 2. The number of hydrogen-bond donors (Lipinski definition) is 0. The fraction of sp³-hybridized carbons (Fsp3) is 0.143. The molecule has 0 heterocycles. The highest BCUT2D eigenvalue weighted by molar-refractivity contribution is 9.11. The van der Waals surface area contributed by atoms with Crippen molar-refractivity contribution in [2.75, 3.05) is 0 Å². The molecule has 0 radical (unpaired) electrons. The fourth-order valence-corrected chi connectivity index (χ4v) is 2.63. The Morgan fingerprint density at radius 2 is 1.62 bits per heavy atom. The Kier molecular flexibility index (Phi) is 3.82. The summed E-state index contributed by atoms with van der Waals surface area (Å²) in [6, 6.07) is 14.8. The van der Waals surface area contributed by atoms with Crippen LogP contribution in [0.1, 0.15) is 16.7 Å². The Labute approximate surface area is 113 Å². The molecule has 0 bridgehead atoms. The number of halogens is 2. The third kappa shape index (κ3) is 2.74. The van der Waals surface area contributed by atoms with Crippen molar-refractivity contribution in [1.29, 1.82) is 0 Å². The quantitative estimate of drug-likeness (QED) is 0.713. The van der Waals surface area contributed by atoms with E-state index in [-0.39, 0.29) is 0 Å². The summed E-state index contributed by atoms with van der Waals surface area (Å²) in [6.07, 6.45) is 0.959. The van der Waals surface area contributed by atoms with Crippen LogP contribution in [0.3, 0.4) is 0 Å². The lowest BCUT2D eigenvalue weighted by atomic mass is 10.0. The van der Waals surface area contributed by atoms with Gasteiger partial charge in [0, 0.05) is 8.95 Å². The third-order valence-corrected chi connectivity index (χ3v) is 4.16. The second-order valence-corrected chi connectivity index (χ2v) is 5.56. The maximum atomic E-state index is 3.62. The number of rotatable bonds is 2. The van der Waals surface area contributed by atoms with Gasteiger partial charge in [0.15, 0.2) is 0 Å². The SMILES string of the molecule is Cc1cc(Br)c(Cc2ccccc2)cc1Br. The van der Waals surface area contributed by atoms with Crippen LogP contribution in [0, 0.1) is 6.92 Å². The first-order valence-electron chi connectivity index (χ1n) is 5.15. The molecule has 0 saturated carbocycles. The zero-order valence-electron chi connectivity index (χ0n) is 9.00. The van der Waals surface area contributed by atoms with E-state index < -0.39 is 0 Å². The Morgan fingerprint density at radius 1 is 0.938 bits per heavy atom. The van der Waals surface area contributed by atoms with E-state index in [9.17, 15) is 0 Å². The molecule has 0 nitrogen and oxygen atoms in total. The predicted octanol–water partition coefficient (Wildman–Crippen LogP) is 5.11. The van der Waals surface area contributed by atoms with E-state index in [1.807, 2.05) is 6.07 Å². The van der Waals surface area contributed by atoms with Crippen LogP contribution in [0.5, 0.6) is 0 Å². The molecule has 0 fully saturated rings. The second kappa shape index (κ2) is 5.15.